The van der Waals surface area contributed by atoms with Crippen molar-refractivity contribution in [2.45, 2.75) is 13.1 Å². The highest BCUT2D eigenvalue weighted by atomic mass is 32.1. The smallest absolute Gasteiger partial charge is 0.398 e. The van der Waals surface area contributed by atoms with E-state index in [1.54, 1.807) is 13.0 Å². The molecular weight excluding hydrogens is 277 g/mol. The Morgan fingerprint density at radius 1 is 1.37 bits per heavy atom. The number of hydrogen-bond acceptors (Lipinski definition) is 4. The molecule has 2 aromatic rings. The van der Waals surface area contributed by atoms with Crippen molar-refractivity contribution in [1.82, 2.24) is 4.98 Å². The molecule has 0 aliphatic heterocycles. The Labute approximate surface area is 110 Å². The van der Waals surface area contributed by atoms with Crippen LogP contribution in [0.4, 0.5) is 18.9 Å². The van der Waals surface area contributed by atoms with Crippen LogP contribution in [0.3, 0.4) is 0 Å². The van der Waals surface area contributed by atoms with Gasteiger partial charge in [-0.05, 0) is 18.6 Å². The zero-order valence-corrected chi connectivity index (χ0v) is 10.6. The molecule has 0 aliphatic rings. The van der Waals surface area contributed by atoms with Gasteiger partial charge in [-0.25, -0.2) is 4.98 Å². The third-order valence-electron chi connectivity index (χ3n) is 2.51. The van der Waals surface area contributed by atoms with Gasteiger partial charge in [0.15, 0.2) is 5.01 Å². The van der Waals surface area contributed by atoms with E-state index < -0.39 is 17.0 Å². The number of carbonyl (C=O) groups is 1. The molecule has 1 aromatic carbocycles. The van der Waals surface area contributed by atoms with E-state index in [1.807, 2.05) is 0 Å². The van der Waals surface area contributed by atoms with E-state index in [1.165, 1.54) is 12.1 Å². The molecule has 0 atom stereocenters. The van der Waals surface area contributed by atoms with Gasteiger partial charge in [-0.1, -0.05) is 12.1 Å². The number of aromatic nitrogens is 1. The lowest BCUT2D eigenvalue weighted by Gasteiger charge is -2.03. The molecule has 0 fully saturated rings. The molecule has 1 aromatic heterocycles. The van der Waals surface area contributed by atoms with E-state index in [4.69, 9.17) is 5.73 Å². The average molecular weight is 286 g/mol. The lowest BCUT2D eigenvalue weighted by Crippen LogP contribution is -2.03. The molecule has 1 heterocycles. The topological polar surface area (TPSA) is 56.0 Å². The van der Waals surface area contributed by atoms with Crippen molar-refractivity contribution in [3.63, 3.8) is 0 Å². The number of nitrogens with zero attached hydrogens (tertiary/aromatic N) is 1. The van der Waals surface area contributed by atoms with Crippen molar-refractivity contribution in [2.24, 2.45) is 0 Å². The Kier molecular flexibility index (Phi) is 3.32. The number of aryl methyl sites for hydroxylation is 1. The zero-order valence-electron chi connectivity index (χ0n) is 9.78. The number of ketones is 1. The highest BCUT2D eigenvalue weighted by Gasteiger charge is 2.35. The maximum Gasteiger partial charge on any atom is 0.443 e. The molecule has 0 bridgehead atoms. The summed E-state index contributed by atoms with van der Waals surface area (Å²) in [4.78, 5) is 15.2. The molecule has 0 saturated heterocycles. The van der Waals surface area contributed by atoms with Crippen molar-refractivity contribution in [3.8, 4) is 0 Å². The van der Waals surface area contributed by atoms with Crippen LogP contribution < -0.4 is 5.73 Å². The zero-order chi connectivity index (χ0) is 14.2. The maximum absolute atomic E-state index is 12.4. The number of anilines is 1. The summed E-state index contributed by atoms with van der Waals surface area (Å²) in [7, 11) is 0. The van der Waals surface area contributed by atoms with Gasteiger partial charge in [0.2, 0.25) is 5.78 Å². The van der Waals surface area contributed by atoms with Crippen molar-refractivity contribution in [1.29, 1.82) is 0 Å². The highest BCUT2D eigenvalue weighted by Crippen LogP contribution is 2.33. The molecule has 0 aliphatic carbocycles. The number of thiazole rings is 1. The van der Waals surface area contributed by atoms with Crippen LogP contribution in [0.25, 0.3) is 0 Å². The van der Waals surface area contributed by atoms with Crippen LogP contribution >= 0.6 is 11.3 Å². The second-order valence-corrected chi connectivity index (χ2v) is 4.96. The van der Waals surface area contributed by atoms with Gasteiger partial charge >= 0.3 is 6.18 Å². The predicted octanol–water partition coefficient (Wildman–Crippen LogP) is 3.28. The normalized spacial score (nSPS) is 11.6. The van der Waals surface area contributed by atoms with Gasteiger partial charge in [0.25, 0.3) is 0 Å². The van der Waals surface area contributed by atoms with Crippen LogP contribution in [-0.4, -0.2) is 10.8 Å². The van der Waals surface area contributed by atoms with E-state index in [9.17, 15) is 18.0 Å². The molecule has 100 valence electrons. The summed E-state index contributed by atoms with van der Waals surface area (Å²) in [6, 6.07) is 4.62. The minimum Gasteiger partial charge on any atom is -0.398 e. The molecule has 0 unspecified atom stereocenters. The fourth-order valence-electron chi connectivity index (χ4n) is 1.43. The molecule has 2 rings (SSSR count). The molecular formula is C12H9F3N2OS. The maximum atomic E-state index is 12.4. The molecule has 19 heavy (non-hydrogen) atoms. The highest BCUT2D eigenvalue weighted by molar-refractivity contribution is 7.13. The van der Waals surface area contributed by atoms with Crippen molar-refractivity contribution < 1.29 is 18.0 Å². The molecule has 0 radical (unpaired) electrons. The first-order chi connectivity index (χ1) is 8.79. The lowest BCUT2D eigenvalue weighted by atomic mass is 10.1. The van der Waals surface area contributed by atoms with Crippen LogP contribution in [0.15, 0.2) is 24.4 Å². The summed E-state index contributed by atoms with van der Waals surface area (Å²) in [5, 5.41) is -1.03. The largest absolute Gasteiger partial charge is 0.443 e. The van der Waals surface area contributed by atoms with Gasteiger partial charge in [-0.15, -0.1) is 11.3 Å². The van der Waals surface area contributed by atoms with Gasteiger partial charge in [0.1, 0.15) is 0 Å². The van der Waals surface area contributed by atoms with Crippen molar-refractivity contribution >= 4 is 22.8 Å². The summed E-state index contributed by atoms with van der Waals surface area (Å²) in [6.07, 6.45) is -3.60. The Morgan fingerprint density at radius 2 is 2.05 bits per heavy atom. The minimum atomic E-state index is -4.53. The van der Waals surface area contributed by atoms with Crippen LogP contribution in [0, 0.1) is 6.92 Å². The summed E-state index contributed by atoms with van der Waals surface area (Å²) >= 11 is 0.326. The number of rotatable bonds is 2. The van der Waals surface area contributed by atoms with Crippen LogP contribution in [0.5, 0.6) is 0 Å². The summed E-state index contributed by atoms with van der Waals surface area (Å²) < 4.78 is 37.2. The van der Waals surface area contributed by atoms with E-state index in [0.717, 1.165) is 11.8 Å². The summed E-state index contributed by atoms with van der Waals surface area (Å²) in [6.45, 7) is 1.78. The summed E-state index contributed by atoms with van der Waals surface area (Å²) in [5.41, 5.74) is 7.14. The van der Waals surface area contributed by atoms with E-state index in [2.05, 4.69) is 4.98 Å². The van der Waals surface area contributed by atoms with Crippen LogP contribution in [-0.2, 0) is 6.18 Å². The fraction of sp³-hybridized carbons (Fsp3) is 0.167. The predicted molar refractivity (Wildman–Crippen MR) is 66.1 cm³/mol. The van der Waals surface area contributed by atoms with Crippen molar-refractivity contribution in [2.75, 3.05) is 5.73 Å². The number of nitrogen functional groups attached to an aromatic ring is 1. The average Bonchev–Trinajstić information content (AvgIpc) is 2.81. The number of hydrogen-bond donors (Lipinski definition) is 1. The summed E-state index contributed by atoms with van der Waals surface area (Å²) in [5.74, 6) is -0.514. The fourth-order valence-corrected chi connectivity index (χ4v) is 2.18. The Morgan fingerprint density at radius 3 is 2.58 bits per heavy atom. The third kappa shape index (κ3) is 2.76. The van der Waals surface area contributed by atoms with Gasteiger partial charge in [0.05, 0.1) is 4.88 Å². The van der Waals surface area contributed by atoms with Crippen LogP contribution in [0.1, 0.15) is 25.8 Å². The van der Waals surface area contributed by atoms with E-state index >= 15 is 0 Å². The third-order valence-corrected chi connectivity index (χ3v) is 3.55. The first-order valence-corrected chi connectivity index (χ1v) is 6.04. The monoisotopic (exact) mass is 286 g/mol. The quantitative estimate of drug-likeness (QED) is 0.681. The van der Waals surface area contributed by atoms with Crippen molar-refractivity contribution in [3.05, 3.63) is 45.4 Å². The van der Waals surface area contributed by atoms with E-state index in [-0.39, 0.29) is 10.4 Å². The standard InChI is InChI=1S/C12H9F3N2OS/c1-6-2-3-7(4-8(6)16)10(18)9-5-17-11(19-9)12(13,14)15/h2-5H,16H2,1H3. The molecule has 0 spiro atoms. The molecule has 0 amide bonds. The molecule has 0 saturated carbocycles. The SMILES string of the molecule is Cc1ccc(C(=O)c2cnc(C(F)(F)F)s2)cc1N. The first-order valence-electron chi connectivity index (χ1n) is 5.23. The van der Waals surface area contributed by atoms with Gasteiger partial charge in [-0.2, -0.15) is 13.2 Å². The number of carbonyl (C=O) groups excluding carboxylic acids is 1. The second kappa shape index (κ2) is 4.65. The minimum absolute atomic E-state index is 0.0596. The Hall–Kier alpha value is -1.89. The number of benzene rings is 1. The van der Waals surface area contributed by atoms with E-state index in [0.29, 0.717) is 17.0 Å². The molecule has 7 heteroatoms. The Balaban J connectivity index is 2.34. The number of halogens is 3. The van der Waals surface area contributed by atoms with Gasteiger partial charge in [-0.3, -0.25) is 4.79 Å². The second-order valence-electron chi connectivity index (χ2n) is 3.93. The Bertz CT molecular complexity index is 634. The van der Waals surface area contributed by atoms with Gasteiger partial charge < -0.3 is 5.73 Å². The van der Waals surface area contributed by atoms with Gasteiger partial charge in [0, 0.05) is 17.4 Å². The molecule has 2 N–H and O–H groups in total. The lowest BCUT2D eigenvalue weighted by molar-refractivity contribution is -0.137. The first kappa shape index (κ1) is 13.5. The number of nitrogens with two attached hydrogens (primary N) is 1. The number of alkyl halides is 3. The molecule has 3 nitrogen and oxygen atoms in total. The van der Waals surface area contributed by atoms with Crippen LogP contribution in [0.2, 0.25) is 0 Å².